The van der Waals surface area contributed by atoms with E-state index in [0.717, 1.165) is 27.2 Å². The van der Waals surface area contributed by atoms with E-state index in [1.165, 1.54) is 11.8 Å². The number of amides is 1. The Balaban J connectivity index is 1.43. The Bertz CT molecular complexity index is 1490. The number of aromatic nitrogens is 3. The molecule has 0 unspecified atom stereocenters. The molecule has 5 rings (SSSR count). The molecule has 0 spiro atoms. The summed E-state index contributed by atoms with van der Waals surface area (Å²) in [5, 5.41) is 4.89. The van der Waals surface area contributed by atoms with Crippen molar-refractivity contribution >= 4 is 45.2 Å². The minimum Gasteiger partial charge on any atom is -0.331 e. The standard InChI is InChI=1S/C26H20N4O2S/c1-17-15-18(33-26-27-13-6-14-28-26)11-12-21(17)29-24(31)16-30-22-9-4-2-7-19(22)25(32)20-8-3-5-10-23(20)30/h2-15H,16H2,1H3,(H,29,31). The summed E-state index contributed by atoms with van der Waals surface area (Å²) in [6.45, 7) is 2.05. The van der Waals surface area contributed by atoms with Gasteiger partial charge in [0.25, 0.3) is 0 Å². The minimum atomic E-state index is -0.163. The summed E-state index contributed by atoms with van der Waals surface area (Å²) in [6.07, 6.45) is 3.42. The third-order valence-electron chi connectivity index (χ3n) is 5.40. The Hall–Kier alpha value is -3.97. The summed E-state index contributed by atoms with van der Waals surface area (Å²) < 4.78 is 1.90. The van der Waals surface area contributed by atoms with Gasteiger partial charge in [0.2, 0.25) is 5.91 Å². The van der Waals surface area contributed by atoms with Crippen molar-refractivity contribution in [3.05, 3.63) is 101 Å². The molecule has 1 N–H and O–H groups in total. The van der Waals surface area contributed by atoms with Crippen LogP contribution in [0.25, 0.3) is 21.8 Å². The highest BCUT2D eigenvalue weighted by Crippen LogP contribution is 2.28. The highest BCUT2D eigenvalue weighted by molar-refractivity contribution is 7.99. The summed E-state index contributed by atoms with van der Waals surface area (Å²) in [5.74, 6) is -0.163. The molecule has 2 aromatic heterocycles. The average molecular weight is 453 g/mol. The maximum atomic E-state index is 13.0. The maximum Gasteiger partial charge on any atom is 0.244 e. The van der Waals surface area contributed by atoms with Crippen molar-refractivity contribution in [2.24, 2.45) is 0 Å². The van der Waals surface area contributed by atoms with Gasteiger partial charge in [-0.2, -0.15) is 0 Å². The number of hydrogen-bond donors (Lipinski definition) is 1. The lowest BCUT2D eigenvalue weighted by molar-refractivity contribution is -0.116. The Morgan fingerprint density at radius 3 is 2.18 bits per heavy atom. The number of para-hydroxylation sites is 2. The summed E-state index contributed by atoms with van der Waals surface area (Å²) in [5.41, 5.74) is 3.14. The van der Waals surface area contributed by atoms with E-state index in [9.17, 15) is 9.59 Å². The number of hydrogen-bond acceptors (Lipinski definition) is 5. The van der Waals surface area contributed by atoms with Crippen molar-refractivity contribution in [1.82, 2.24) is 14.5 Å². The fourth-order valence-electron chi connectivity index (χ4n) is 3.86. The fraction of sp³-hybridized carbons (Fsp3) is 0.0769. The molecule has 1 amide bonds. The molecule has 0 fully saturated rings. The number of nitrogens with zero attached hydrogens (tertiary/aromatic N) is 3. The molecule has 7 heteroatoms. The van der Waals surface area contributed by atoms with Crippen LogP contribution in [0.3, 0.4) is 0 Å². The van der Waals surface area contributed by atoms with Crippen LogP contribution in [0.1, 0.15) is 5.56 Å². The first kappa shape index (κ1) is 20.9. The molecule has 162 valence electrons. The normalized spacial score (nSPS) is 11.1. The van der Waals surface area contributed by atoms with Crippen molar-refractivity contribution in [2.45, 2.75) is 23.5 Å². The van der Waals surface area contributed by atoms with Crippen molar-refractivity contribution in [3.63, 3.8) is 0 Å². The van der Waals surface area contributed by atoms with Gasteiger partial charge < -0.3 is 9.88 Å². The van der Waals surface area contributed by atoms with E-state index in [0.29, 0.717) is 15.9 Å². The van der Waals surface area contributed by atoms with Crippen LogP contribution >= 0.6 is 11.8 Å². The first-order valence-corrected chi connectivity index (χ1v) is 11.3. The number of carbonyl (C=O) groups excluding carboxylic acids is 1. The predicted octanol–water partition coefficient (Wildman–Crippen LogP) is 5.04. The Labute approximate surface area is 194 Å². The second-order valence-corrected chi connectivity index (χ2v) is 8.65. The topological polar surface area (TPSA) is 76.9 Å². The smallest absolute Gasteiger partial charge is 0.244 e. The lowest BCUT2D eigenvalue weighted by Gasteiger charge is -2.16. The molecule has 33 heavy (non-hydrogen) atoms. The zero-order chi connectivity index (χ0) is 22.8. The highest BCUT2D eigenvalue weighted by Gasteiger charge is 2.14. The van der Waals surface area contributed by atoms with Crippen molar-refractivity contribution < 1.29 is 4.79 Å². The second-order valence-electron chi connectivity index (χ2n) is 7.61. The van der Waals surface area contributed by atoms with E-state index < -0.39 is 0 Å². The zero-order valence-corrected chi connectivity index (χ0v) is 18.7. The molecule has 5 aromatic rings. The van der Waals surface area contributed by atoms with Gasteiger partial charge >= 0.3 is 0 Å². The SMILES string of the molecule is Cc1cc(Sc2ncccn2)ccc1NC(=O)Cn1c2ccccc2c(=O)c2ccccc21. The number of rotatable bonds is 5. The molecule has 0 bridgehead atoms. The fourth-order valence-corrected chi connectivity index (χ4v) is 4.67. The third kappa shape index (κ3) is 4.23. The number of anilines is 1. The van der Waals surface area contributed by atoms with Crippen molar-refractivity contribution in [3.8, 4) is 0 Å². The number of benzene rings is 3. The largest absolute Gasteiger partial charge is 0.331 e. The Kier molecular flexibility index (Phi) is 5.62. The van der Waals surface area contributed by atoms with E-state index in [4.69, 9.17) is 0 Å². The van der Waals surface area contributed by atoms with Crippen LogP contribution in [0.15, 0.2) is 100 Å². The number of carbonyl (C=O) groups is 1. The Morgan fingerprint density at radius 2 is 1.55 bits per heavy atom. The van der Waals surface area contributed by atoms with Crippen LogP contribution in [0.5, 0.6) is 0 Å². The lowest BCUT2D eigenvalue weighted by Crippen LogP contribution is -2.21. The molecule has 0 saturated heterocycles. The van der Waals surface area contributed by atoms with Gasteiger partial charge in [-0.3, -0.25) is 9.59 Å². The molecule has 0 aliphatic carbocycles. The third-order valence-corrected chi connectivity index (χ3v) is 6.29. The van der Waals surface area contributed by atoms with Crippen LogP contribution in [-0.4, -0.2) is 20.4 Å². The quantitative estimate of drug-likeness (QED) is 0.299. The van der Waals surface area contributed by atoms with Gasteiger partial charge in [-0.15, -0.1) is 0 Å². The van der Waals surface area contributed by atoms with Gasteiger partial charge in [0, 0.05) is 33.7 Å². The molecule has 0 saturated carbocycles. The molecule has 0 aliphatic heterocycles. The first-order chi connectivity index (χ1) is 16.1. The number of pyridine rings is 1. The zero-order valence-electron chi connectivity index (χ0n) is 17.9. The van der Waals surface area contributed by atoms with Gasteiger partial charge in [0.15, 0.2) is 10.6 Å². The van der Waals surface area contributed by atoms with Gasteiger partial charge in [-0.05, 0) is 72.8 Å². The minimum absolute atomic E-state index is 0.0239. The van der Waals surface area contributed by atoms with E-state index in [2.05, 4.69) is 15.3 Å². The van der Waals surface area contributed by atoms with Crippen LogP contribution < -0.4 is 10.7 Å². The van der Waals surface area contributed by atoms with E-state index >= 15 is 0 Å². The lowest BCUT2D eigenvalue weighted by atomic mass is 10.1. The van der Waals surface area contributed by atoms with Crippen molar-refractivity contribution in [1.29, 1.82) is 0 Å². The summed E-state index contributed by atoms with van der Waals surface area (Å²) >= 11 is 1.47. The molecule has 0 atom stereocenters. The number of fused-ring (bicyclic) bond motifs is 2. The maximum absolute atomic E-state index is 13.0. The van der Waals surface area contributed by atoms with Gasteiger partial charge in [-0.1, -0.05) is 24.3 Å². The Morgan fingerprint density at radius 1 is 0.909 bits per heavy atom. The molecular weight excluding hydrogens is 432 g/mol. The van der Waals surface area contributed by atoms with Crippen molar-refractivity contribution in [2.75, 3.05) is 5.32 Å². The van der Waals surface area contributed by atoms with E-state index in [1.807, 2.05) is 66.1 Å². The van der Waals surface area contributed by atoms with Gasteiger partial charge in [-0.25, -0.2) is 9.97 Å². The number of nitrogens with one attached hydrogen (secondary N) is 1. The summed E-state index contributed by atoms with van der Waals surface area (Å²) in [6, 6.07) is 22.4. The monoisotopic (exact) mass is 452 g/mol. The molecule has 0 aliphatic rings. The summed E-state index contributed by atoms with van der Waals surface area (Å²) in [4.78, 5) is 35.4. The van der Waals surface area contributed by atoms with Gasteiger partial charge in [0.05, 0.1) is 11.0 Å². The number of aryl methyl sites for hydroxylation is 1. The summed E-state index contributed by atoms with van der Waals surface area (Å²) in [7, 11) is 0. The molecule has 0 radical (unpaired) electrons. The van der Waals surface area contributed by atoms with E-state index in [1.54, 1.807) is 30.6 Å². The van der Waals surface area contributed by atoms with E-state index in [-0.39, 0.29) is 17.9 Å². The molecular formula is C26H20N4O2S. The van der Waals surface area contributed by atoms with Gasteiger partial charge in [0.1, 0.15) is 6.54 Å². The van der Waals surface area contributed by atoms with Crippen LogP contribution in [0, 0.1) is 6.92 Å². The molecule has 3 aromatic carbocycles. The van der Waals surface area contributed by atoms with Crippen LogP contribution in [0.4, 0.5) is 5.69 Å². The average Bonchev–Trinajstić information content (AvgIpc) is 2.84. The second kappa shape index (κ2) is 8.88. The highest BCUT2D eigenvalue weighted by atomic mass is 32.2. The molecule has 6 nitrogen and oxygen atoms in total. The van der Waals surface area contributed by atoms with Crippen LogP contribution in [-0.2, 0) is 11.3 Å². The predicted molar refractivity (Wildman–Crippen MR) is 132 cm³/mol. The molecule has 2 heterocycles. The van der Waals surface area contributed by atoms with Crippen LogP contribution in [0.2, 0.25) is 0 Å². The first-order valence-electron chi connectivity index (χ1n) is 10.5.